The van der Waals surface area contributed by atoms with Gasteiger partial charge in [-0.2, -0.15) is 0 Å². The highest BCUT2D eigenvalue weighted by molar-refractivity contribution is 7.91. The maximum Gasteiger partial charge on any atom is 0.307 e. The van der Waals surface area contributed by atoms with E-state index in [-0.39, 0.29) is 22.1 Å². The number of amides is 1. The van der Waals surface area contributed by atoms with Crippen LogP contribution in [0.4, 0.5) is 5.69 Å². The Kier molecular flexibility index (Phi) is 5.48. The van der Waals surface area contributed by atoms with Gasteiger partial charge in [0.1, 0.15) is 5.75 Å². The van der Waals surface area contributed by atoms with E-state index in [0.717, 1.165) is 12.8 Å². The van der Waals surface area contributed by atoms with E-state index < -0.39 is 33.5 Å². The van der Waals surface area contributed by atoms with Crippen LogP contribution >= 0.6 is 0 Å². The van der Waals surface area contributed by atoms with Crippen LogP contribution in [0.15, 0.2) is 23.1 Å². The van der Waals surface area contributed by atoms with Crippen LogP contribution in [-0.2, 0) is 19.4 Å². The van der Waals surface area contributed by atoms with Crippen LogP contribution in [0.5, 0.6) is 5.75 Å². The van der Waals surface area contributed by atoms with E-state index in [4.69, 9.17) is 0 Å². The summed E-state index contributed by atoms with van der Waals surface area (Å²) in [6.45, 7) is 1.50. The lowest BCUT2D eigenvalue weighted by Gasteiger charge is -2.27. The van der Waals surface area contributed by atoms with Gasteiger partial charge in [0, 0.05) is 0 Å². The molecule has 2 atom stereocenters. The van der Waals surface area contributed by atoms with Crippen molar-refractivity contribution in [2.75, 3.05) is 11.1 Å². The van der Waals surface area contributed by atoms with Crippen molar-refractivity contribution in [1.29, 1.82) is 0 Å². The molecule has 7 nitrogen and oxygen atoms in total. The van der Waals surface area contributed by atoms with E-state index in [1.165, 1.54) is 25.1 Å². The van der Waals surface area contributed by atoms with E-state index in [2.05, 4.69) is 5.32 Å². The molecule has 0 aliphatic heterocycles. The lowest BCUT2D eigenvalue weighted by atomic mass is 9.78. The molecule has 0 saturated heterocycles. The first-order valence-electron chi connectivity index (χ1n) is 7.85. The number of hydrogen-bond donors (Lipinski definition) is 3. The summed E-state index contributed by atoms with van der Waals surface area (Å²) >= 11 is 0. The van der Waals surface area contributed by atoms with Gasteiger partial charge >= 0.3 is 5.97 Å². The van der Waals surface area contributed by atoms with E-state index in [1.54, 1.807) is 0 Å². The predicted molar refractivity (Wildman–Crippen MR) is 87.5 cm³/mol. The van der Waals surface area contributed by atoms with E-state index >= 15 is 0 Å². The first kappa shape index (κ1) is 18.3. The van der Waals surface area contributed by atoms with Crippen LogP contribution < -0.4 is 5.32 Å². The number of phenols is 1. The van der Waals surface area contributed by atoms with Crippen LogP contribution in [0.3, 0.4) is 0 Å². The average molecular weight is 355 g/mol. The van der Waals surface area contributed by atoms with Crippen molar-refractivity contribution >= 4 is 27.4 Å². The molecule has 0 radical (unpaired) electrons. The largest absolute Gasteiger partial charge is 0.506 e. The highest BCUT2D eigenvalue weighted by atomic mass is 32.2. The molecule has 1 aliphatic carbocycles. The molecule has 0 spiro atoms. The van der Waals surface area contributed by atoms with Crippen LogP contribution in [0.2, 0.25) is 0 Å². The van der Waals surface area contributed by atoms with Gasteiger partial charge in [-0.3, -0.25) is 9.59 Å². The zero-order valence-corrected chi connectivity index (χ0v) is 14.2. The molecule has 1 saturated carbocycles. The smallest absolute Gasteiger partial charge is 0.307 e. The van der Waals surface area contributed by atoms with E-state index in [9.17, 15) is 28.2 Å². The zero-order chi connectivity index (χ0) is 17.9. The normalized spacial score (nSPS) is 21.2. The predicted octanol–water partition coefficient (Wildman–Crippen LogP) is 2.02. The minimum Gasteiger partial charge on any atom is -0.506 e. The van der Waals surface area contributed by atoms with Gasteiger partial charge in [0.25, 0.3) is 0 Å². The summed E-state index contributed by atoms with van der Waals surface area (Å²) < 4.78 is 23.8. The van der Waals surface area contributed by atoms with Gasteiger partial charge in [0.15, 0.2) is 9.84 Å². The molecule has 1 fully saturated rings. The minimum absolute atomic E-state index is 0.00321. The van der Waals surface area contributed by atoms with E-state index in [0.29, 0.717) is 12.8 Å². The third-order valence-corrected chi connectivity index (χ3v) is 6.12. The molecule has 1 amide bonds. The first-order chi connectivity index (χ1) is 11.3. The second-order valence-corrected chi connectivity index (χ2v) is 8.19. The van der Waals surface area contributed by atoms with Crippen molar-refractivity contribution in [2.24, 2.45) is 11.8 Å². The van der Waals surface area contributed by atoms with Crippen LogP contribution in [0.1, 0.15) is 32.6 Å². The molecule has 0 bridgehead atoms. The number of hydrogen-bond acceptors (Lipinski definition) is 5. The Bertz CT molecular complexity index is 743. The summed E-state index contributed by atoms with van der Waals surface area (Å²) in [4.78, 5) is 23.7. The van der Waals surface area contributed by atoms with Crippen LogP contribution in [0.25, 0.3) is 0 Å². The molecular weight excluding hydrogens is 334 g/mol. The third-order valence-electron chi connectivity index (χ3n) is 4.38. The summed E-state index contributed by atoms with van der Waals surface area (Å²) in [5, 5.41) is 21.6. The molecule has 132 valence electrons. The molecule has 2 unspecified atom stereocenters. The van der Waals surface area contributed by atoms with Gasteiger partial charge < -0.3 is 15.5 Å². The van der Waals surface area contributed by atoms with Crippen molar-refractivity contribution in [3.05, 3.63) is 18.2 Å². The minimum atomic E-state index is -3.48. The van der Waals surface area contributed by atoms with Gasteiger partial charge in [-0.05, 0) is 31.0 Å². The number of rotatable bonds is 5. The zero-order valence-electron chi connectivity index (χ0n) is 13.4. The Labute approximate surface area is 140 Å². The number of nitrogens with one attached hydrogen (secondary N) is 1. The number of aromatic hydroxyl groups is 1. The summed E-state index contributed by atoms with van der Waals surface area (Å²) in [5.74, 6) is -3.34. The Morgan fingerprint density at radius 2 is 1.83 bits per heavy atom. The van der Waals surface area contributed by atoms with E-state index in [1.807, 2.05) is 0 Å². The number of aliphatic carboxylic acids is 1. The molecule has 1 aromatic carbocycles. The highest BCUT2D eigenvalue weighted by Gasteiger charge is 2.36. The Morgan fingerprint density at radius 1 is 1.21 bits per heavy atom. The van der Waals surface area contributed by atoms with Crippen molar-refractivity contribution in [3.8, 4) is 5.75 Å². The van der Waals surface area contributed by atoms with Gasteiger partial charge in [-0.1, -0.05) is 19.8 Å². The molecular formula is C16H21NO6S. The third kappa shape index (κ3) is 3.87. The number of carbonyl (C=O) groups is 2. The monoisotopic (exact) mass is 355 g/mol. The van der Waals surface area contributed by atoms with Gasteiger partial charge in [0.05, 0.1) is 28.2 Å². The van der Waals surface area contributed by atoms with Crippen LogP contribution in [-0.4, -0.2) is 36.3 Å². The number of phenolic OH excluding ortho intramolecular Hbond substituents is 1. The summed E-state index contributed by atoms with van der Waals surface area (Å²) in [6, 6.07) is 3.67. The summed E-state index contributed by atoms with van der Waals surface area (Å²) in [5.41, 5.74) is -0.0239. The maximum atomic E-state index is 12.4. The van der Waals surface area contributed by atoms with Gasteiger partial charge in [0.2, 0.25) is 5.91 Å². The fourth-order valence-electron chi connectivity index (χ4n) is 2.94. The fraction of sp³-hybridized carbons (Fsp3) is 0.500. The molecule has 0 aromatic heterocycles. The number of benzene rings is 1. The number of carboxylic acids is 1. The maximum absolute atomic E-state index is 12.4. The molecule has 2 rings (SSSR count). The molecule has 8 heteroatoms. The second kappa shape index (κ2) is 7.21. The summed E-state index contributed by atoms with van der Waals surface area (Å²) in [6.07, 6.45) is 2.41. The number of sulfone groups is 1. The Hall–Kier alpha value is -2.09. The van der Waals surface area contributed by atoms with Crippen molar-refractivity contribution < 1.29 is 28.2 Å². The van der Waals surface area contributed by atoms with Gasteiger partial charge in [-0.25, -0.2) is 8.42 Å². The summed E-state index contributed by atoms with van der Waals surface area (Å²) in [7, 11) is -3.48. The van der Waals surface area contributed by atoms with Crippen LogP contribution in [0, 0.1) is 11.8 Å². The lowest BCUT2D eigenvalue weighted by Crippen LogP contribution is -2.36. The molecule has 0 heterocycles. The van der Waals surface area contributed by atoms with Crippen molar-refractivity contribution in [1.82, 2.24) is 0 Å². The fourth-order valence-corrected chi connectivity index (χ4v) is 3.85. The molecule has 24 heavy (non-hydrogen) atoms. The topological polar surface area (TPSA) is 121 Å². The number of carboxylic acid groups (broad SMARTS) is 1. The average Bonchev–Trinajstić information content (AvgIpc) is 2.56. The lowest BCUT2D eigenvalue weighted by molar-refractivity contribution is -0.147. The number of anilines is 1. The quantitative estimate of drug-likeness (QED) is 0.695. The second-order valence-electron chi connectivity index (χ2n) is 5.91. The van der Waals surface area contributed by atoms with Gasteiger partial charge in [-0.15, -0.1) is 0 Å². The standard InChI is InChI=1S/C16H21NO6S/c1-2-24(22,23)10-7-8-14(18)13(9-10)17-15(19)11-5-3-4-6-12(11)16(20)21/h7-9,11-12,18H,2-6H2,1H3,(H,17,19)(H,20,21). The molecule has 1 aromatic rings. The van der Waals surface area contributed by atoms with Crippen molar-refractivity contribution in [3.63, 3.8) is 0 Å². The molecule has 1 aliphatic rings. The Balaban J connectivity index is 2.25. The first-order valence-corrected chi connectivity index (χ1v) is 9.51. The molecule has 3 N–H and O–H groups in total. The SMILES string of the molecule is CCS(=O)(=O)c1ccc(O)c(NC(=O)C2CCCCC2C(=O)O)c1. The number of carbonyl (C=O) groups excluding carboxylic acids is 1. The Morgan fingerprint density at radius 3 is 2.42 bits per heavy atom. The van der Waals surface area contributed by atoms with Crippen molar-refractivity contribution in [2.45, 2.75) is 37.5 Å². The highest BCUT2D eigenvalue weighted by Crippen LogP contribution is 2.33.